The van der Waals surface area contributed by atoms with E-state index >= 15 is 0 Å². The Morgan fingerprint density at radius 2 is 1.89 bits per heavy atom. The first kappa shape index (κ1) is 24.6. The van der Waals surface area contributed by atoms with Crippen molar-refractivity contribution >= 4 is 46.4 Å². The van der Waals surface area contributed by atoms with Crippen molar-refractivity contribution in [3.63, 3.8) is 0 Å². The lowest BCUT2D eigenvalue weighted by Crippen LogP contribution is -2.20. The number of H-pyrrole nitrogens is 1. The van der Waals surface area contributed by atoms with Gasteiger partial charge in [0.25, 0.3) is 5.91 Å². The third kappa shape index (κ3) is 5.68. The Hall–Kier alpha value is -4.08. The van der Waals surface area contributed by atoms with Gasteiger partial charge in [-0.3, -0.25) is 9.36 Å². The van der Waals surface area contributed by atoms with Crippen LogP contribution in [0.15, 0.2) is 89.3 Å². The standard InChI is InChI=1S/C27H23ClN6O2S/c1-2-36-22-13-11-21(12-14-22)34-26(18-7-9-20(28)10-8-18)32-33-27(34)37-17-25(35)31-30-16-19-15-29-24-6-4-3-5-23(19)24/h3-16,29H,2,17H2,1H3,(H,31,35)/b30-16+. The number of benzene rings is 3. The SMILES string of the molecule is CCOc1ccc(-n2c(SCC(=O)N/N=C/c3c[nH]c4ccccc34)nnc2-c2ccc(Cl)cc2)cc1. The molecule has 2 aromatic heterocycles. The minimum Gasteiger partial charge on any atom is -0.494 e. The molecule has 0 bridgehead atoms. The van der Waals surface area contributed by atoms with Gasteiger partial charge in [-0.15, -0.1) is 10.2 Å². The van der Waals surface area contributed by atoms with Gasteiger partial charge in [0.15, 0.2) is 11.0 Å². The van der Waals surface area contributed by atoms with Crippen molar-refractivity contribution in [3.05, 3.63) is 89.6 Å². The summed E-state index contributed by atoms with van der Waals surface area (Å²) in [5.41, 5.74) is 6.19. The lowest BCUT2D eigenvalue weighted by atomic mass is 10.2. The number of ether oxygens (including phenoxy) is 1. The van der Waals surface area contributed by atoms with E-state index in [1.165, 1.54) is 11.8 Å². The Morgan fingerprint density at radius 3 is 2.68 bits per heavy atom. The molecule has 0 aliphatic carbocycles. The number of halogens is 1. The maximum atomic E-state index is 12.5. The number of carbonyl (C=O) groups excluding carboxylic acids is 1. The molecule has 0 unspecified atom stereocenters. The van der Waals surface area contributed by atoms with Gasteiger partial charge in [-0.2, -0.15) is 5.10 Å². The van der Waals surface area contributed by atoms with Gasteiger partial charge in [0.2, 0.25) is 0 Å². The Labute approximate surface area is 222 Å². The maximum absolute atomic E-state index is 12.5. The second-order valence-corrected chi connectivity index (χ2v) is 9.33. The van der Waals surface area contributed by atoms with Crippen LogP contribution in [0.3, 0.4) is 0 Å². The van der Waals surface area contributed by atoms with E-state index in [9.17, 15) is 4.79 Å². The molecule has 3 aromatic carbocycles. The molecule has 37 heavy (non-hydrogen) atoms. The summed E-state index contributed by atoms with van der Waals surface area (Å²) in [5, 5.41) is 15.1. The zero-order chi connectivity index (χ0) is 25.6. The highest BCUT2D eigenvalue weighted by molar-refractivity contribution is 7.99. The number of rotatable bonds is 9. The zero-order valence-electron chi connectivity index (χ0n) is 19.9. The van der Waals surface area contributed by atoms with E-state index < -0.39 is 0 Å². The maximum Gasteiger partial charge on any atom is 0.250 e. The molecule has 0 fully saturated rings. The van der Waals surface area contributed by atoms with E-state index in [1.54, 1.807) is 18.3 Å². The third-order valence-electron chi connectivity index (χ3n) is 5.49. The molecule has 2 heterocycles. The Kier molecular flexibility index (Phi) is 7.53. The predicted molar refractivity (Wildman–Crippen MR) is 148 cm³/mol. The average molecular weight is 531 g/mol. The van der Waals surface area contributed by atoms with Crippen LogP contribution in [0.5, 0.6) is 5.75 Å². The van der Waals surface area contributed by atoms with Crippen molar-refractivity contribution < 1.29 is 9.53 Å². The van der Waals surface area contributed by atoms with Gasteiger partial charge in [0, 0.05) is 38.9 Å². The number of para-hydroxylation sites is 1. The highest BCUT2D eigenvalue weighted by Gasteiger charge is 2.17. The third-order valence-corrected chi connectivity index (χ3v) is 6.67. The fraction of sp³-hybridized carbons (Fsp3) is 0.111. The number of aromatic amines is 1. The average Bonchev–Trinajstić information content (AvgIpc) is 3.53. The highest BCUT2D eigenvalue weighted by atomic mass is 35.5. The number of hydrogen-bond donors (Lipinski definition) is 2. The summed E-state index contributed by atoms with van der Waals surface area (Å²) in [6.07, 6.45) is 3.48. The molecule has 0 spiro atoms. The van der Waals surface area contributed by atoms with Gasteiger partial charge in [-0.25, -0.2) is 5.43 Å². The van der Waals surface area contributed by atoms with Crippen molar-refractivity contribution in [2.45, 2.75) is 12.1 Å². The van der Waals surface area contributed by atoms with E-state index in [0.29, 0.717) is 22.6 Å². The lowest BCUT2D eigenvalue weighted by molar-refractivity contribution is -0.118. The quantitative estimate of drug-likeness (QED) is 0.144. The van der Waals surface area contributed by atoms with E-state index in [2.05, 4.69) is 25.7 Å². The summed E-state index contributed by atoms with van der Waals surface area (Å²) in [4.78, 5) is 15.7. The predicted octanol–water partition coefficient (Wildman–Crippen LogP) is 5.71. The normalized spacial score (nSPS) is 11.3. The summed E-state index contributed by atoms with van der Waals surface area (Å²) in [6.45, 7) is 2.53. The molecule has 0 radical (unpaired) electrons. The number of nitrogens with one attached hydrogen (secondary N) is 2. The van der Waals surface area contributed by atoms with E-state index in [-0.39, 0.29) is 11.7 Å². The van der Waals surface area contributed by atoms with Gasteiger partial charge >= 0.3 is 0 Å². The van der Waals surface area contributed by atoms with Gasteiger partial charge in [-0.1, -0.05) is 41.6 Å². The van der Waals surface area contributed by atoms with Gasteiger partial charge in [0.1, 0.15) is 5.75 Å². The summed E-state index contributed by atoms with van der Waals surface area (Å²) >= 11 is 7.35. The summed E-state index contributed by atoms with van der Waals surface area (Å²) in [7, 11) is 0. The number of thioether (sulfide) groups is 1. The van der Waals surface area contributed by atoms with Crippen LogP contribution < -0.4 is 10.2 Å². The molecule has 0 saturated carbocycles. The molecule has 186 valence electrons. The summed E-state index contributed by atoms with van der Waals surface area (Å²) in [6, 6.07) is 22.9. The minimum atomic E-state index is -0.254. The van der Waals surface area contributed by atoms with Crippen molar-refractivity contribution in [1.82, 2.24) is 25.2 Å². The van der Waals surface area contributed by atoms with Gasteiger partial charge < -0.3 is 9.72 Å². The molecule has 0 aliphatic rings. The lowest BCUT2D eigenvalue weighted by Gasteiger charge is -2.11. The molecular formula is C27H23ClN6O2S. The fourth-order valence-corrected chi connectivity index (χ4v) is 4.65. The Morgan fingerprint density at radius 1 is 1.11 bits per heavy atom. The fourth-order valence-electron chi connectivity index (χ4n) is 3.78. The van der Waals surface area contributed by atoms with Crippen LogP contribution in [0.2, 0.25) is 5.02 Å². The van der Waals surface area contributed by atoms with Crippen LogP contribution in [0.25, 0.3) is 28.0 Å². The van der Waals surface area contributed by atoms with E-state index in [0.717, 1.165) is 33.5 Å². The number of amides is 1. The van der Waals surface area contributed by atoms with Crippen LogP contribution in [0.4, 0.5) is 0 Å². The van der Waals surface area contributed by atoms with Crippen LogP contribution in [-0.2, 0) is 4.79 Å². The van der Waals surface area contributed by atoms with Crippen LogP contribution in [0, 0.1) is 0 Å². The van der Waals surface area contributed by atoms with Crippen LogP contribution in [-0.4, -0.2) is 44.2 Å². The molecule has 0 saturated heterocycles. The summed E-state index contributed by atoms with van der Waals surface area (Å²) < 4.78 is 7.48. The molecule has 10 heteroatoms. The molecule has 5 rings (SSSR count). The van der Waals surface area contributed by atoms with Gasteiger partial charge in [-0.05, 0) is 61.5 Å². The van der Waals surface area contributed by atoms with E-state index in [4.69, 9.17) is 16.3 Å². The number of aromatic nitrogens is 4. The first-order valence-electron chi connectivity index (χ1n) is 11.6. The van der Waals surface area contributed by atoms with Crippen molar-refractivity contribution in [1.29, 1.82) is 0 Å². The Balaban J connectivity index is 1.33. The molecule has 0 atom stereocenters. The first-order chi connectivity index (χ1) is 18.1. The molecule has 1 amide bonds. The van der Waals surface area contributed by atoms with Crippen molar-refractivity contribution in [2.75, 3.05) is 12.4 Å². The van der Waals surface area contributed by atoms with Crippen LogP contribution >= 0.6 is 23.4 Å². The zero-order valence-corrected chi connectivity index (χ0v) is 21.5. The molecular weight excluding hydrogens is 508 g/mol. The molecule has 5 aromatic rings. The van der Waals surface area contributed by atoms with Crippen LogP contribution in [0.1, 0.15) is 12.5 Å². The van der Waals surface area contributed by atoms with Gasteiger partial charge in [0.05, 0.1) is 18.6 Å². The van der Waals surface area contributed by atoms with Crippen molar-refractivity contribution in [3.8, 4) is 22.8 Å². The summed E-state index contributed by atoms with van der Waals surface area (Å²) in [5.74, 6) is 1.27. The number of carbonyl (C=O) groups is 1. The first-order valence-corrected chi connectivity index (χ1v) is 12.9. The molecule has 8 nitrogen and oxygen atoms in total. The van der Waals surface area contributed by atoms with E-state index in [1.807, 2.05) is 78.4 Å². The Bertz CT molecular complexity index is 1540. The second-order valence-electron chi connectivity index (χ2n) is 7.95. The van der Waals surface area contributed by atoms with Crippen molar-refractivity contribution in [2.24, 2.45) is 5.10 Å². The monoisotopic (exact) mass is 530 g/mol. The number of nitrogens with zero attached hydrogens (tertiary/aromatic N) is 4. The largest absolute Gasteiger partial charge is 0.494 e. The second kappa shape index (κ2) is 11.3. The topological polar surface area (TPSA) is 97.2 Å². The smallest absolute Gasteiger partial charge is 0.250 e. The highest BCUT2D eigenvalue weighted by Crippen LogP contribution is 2.29. The molecule has 0 aliphatic heterocycles. The number of fused-ring (bicyclic) bond motifs is 1. The number of hydrogen-bond acceptors (Lipinski definition) is 6. The molecule has 2 N–H and O–H groups in total. The number of hydrazone groups is 1. The minimum absolute atomic E-state index is 0.112.